The second kappa shape index (κ2) is 5.41. The Balaban J connectivity index is 4.59. The second-order valence-electron chi connectivity index (χ2n) is 7.52. The molecule has 0 bridgehead atoms. The van der Waals surface area contributed by atoms with Crippen molar-refractivity contribution >= 4 is 5.97 Å². The van der Waals surface area contributed by atoms with Crippen molar-refractivity contribution in [1.82, 2.24) is 0 Å². The molecule has 0 atom stereocenters. The molecular weight excluding hydrogens is 212 g/mol. The van der Waals surface area contributed by atoms with Crippen LogP contribution in [-0.2, 0) is 9.53 Å². The topological polar surface area (TPSA) is 26.3 Å². The van der Waals surface area contributed by atoms with Gasteiger partial charge in [-0.05, 0) is 46.0 Å². The van der Waals surface area contributed by atoms with E-state index in [1.807, 2.05) is 27.7 Å². The van der Waals surface area contributed by atoms with Gasteiger partial charge in [-0.25, -0.2) is 0 Å². The van der Waals surface area contributed by atoms with Crippen molar-refractivity contribution in [3.05, 3.63) is 0 Å². The average Bonchev–Trinajstić information content (AvgIpc) is 1.97. The molecule has 0 saturated heterocycles. The predicted octanol–water partition coefficient (Wildman–Crippen LogP) is 4.57. The van der Waals surface area contributed by atoms with Crippen LogP contribution in [0.2, 0.25) is 0 Å². The van der Waals surface area contributed by atoms with Crippen LogP contribution in [-0.4, -0.2) is 11.6 Å². The van der Waals surface area contributed by atoms with Crippen LogP contribution in [0.5, 0.6) is 0 Å². The van der Waals surface area contributed by atoms with E-state index in [0.717, 1.165) is 19.3 Å². The van der Waals surface area contributed by atoms with E-state index < -0.39 is 5.41 Å². The van der Waals surface area contributed by atoms with Gasteiger partial charge in [0.15, 0.2) is 0 Å². The van der Waals surface area contributed by atoms with Crippen molar-refractivity contribution in [2.45, 2.75) is 80.3 Å². The number of carbonyl (C=O) groups is 1. The van der Waals surface area contributed by atoms with Gasteiger partial charge in [0.05, 0.1) is 5.41 Å². The van der Waals surface area contributed by atoms with Gasteiger partial charge >= 0.3 is 5.97 Å². The summed E-state index contributed by atoms with van der Waals surface area (Å²) in [6, 6.07) is 0. The van der Waals surface area contributed by atoms with Crippen LogP contribution >= 0.6 is 0 Å². The highest BCUT2D eigenvalue weighted by molar-refractivity contribution is 5.76. The van der Waals surface area contributed by atoms with Gasteiger partial charge in [-0.3, -0.25) is 4.79 Å². The van der Waals surface area contributed by atoms with Crippen LogP contribution in [0.25, 0.3) is 0 Å². The van der Waals surface area contributed by atoms with Crippen LogP contribution in [0, 0.1) is 10.8 Å². The molecule has 0 rings (SSSR count). The van der Waals surface area contributed by atoms with Crippen molar-refractivity contribution in [2.24, 2.45) is 10.8 Å². The third-order valence-corrected chi connectivity index (χ3v) is 2.75. The van der Waals surface area contributed by atoms with Gasteiger partial charge < -0.3 is 4.74 Å². The predicted molar refractivity (Wildman–Crippen MR) is 72.9 cm³/mol. The van der Waals surface area contributed by atoms with Crippen LogP contribution < -0.4 is 0 Å². The molecule has 0 radical (unpaired) electrons. The third kappa shape index (κ3) is 6.70. The van der Waals surface area contributed by atoms with E-state index in [4.69, 9.17) is 4.74 Å². The zero-order chi connectivity index (χ0) is 13.9. The first-order chi connectivity index (χ1) is 7.40. The Morgan fingerprint density at radius 2 is 1.47 bits per heavy atom. The van der Waals surface area contributed by atoms with E-state index in [1.165, 1.54) is 0 Å². The monoisotopic (exact) mass is 242 g/mol. The number of rotatable bonds is 5. The maximum atomic E-state index is 12.2. The number of carbonyl (C=O) groups excluding carboxylic acids is 1. The largest absolute Gasteiger partial charge is 0.459 e. The molecule has 0 aliphatic rings. The molecule has 0 aliphatic carbocycles. The maximum Gasteiger partial charge on any atom is 0.312 e. The standard InChI is InChI=1S/C15H30O2/c1-9-10-15(7,8)17-12(16)14(5,6)11-13(2,3)4/h9-11H2,1-8H3. The van der Waals surface area contributed by atoms with Gasteiger partial charge in [-0.1, -0.05) is 34.1 Å². The molecule has 0 aliphatic heterocycles. The SMILES string of the molecule is CCCC(C)(C)OC(=O)C(C)(C)CC(C)(C)C. The van der Waals surface area contributed by atoms with E-state index >= 15 is 0 Å². The van der Waals surface area contributed by atoms with Crippen molar-refractivity contribution in [1.29, 1.82) is 0 Å². The molecule has 2 heteroatoms. The summed E-state index contributed by atoms with van der Waals surface area (Å²) >= 11 is 0. The van der Waals surface area contributed by atoms with E-state index in [2.05, 4.69) is 27.7 Å². The molecule has 0 aromatic heterocycles. The number of ether oxygens (including phenoxy) is 1. The Kier molecular flexibility index (Phi) is 5.24. The van der Waals surface area contributed by atoms with Crippen LogP contribution in [0.1, 0.15) is 74.7 Å². The molecule has 0 N–H and O–H groups in total. The Hall–Kier alpha value is -0.530. The molecule has 0 amide bonds. The summed E-state index contributed by atoms with van der Waals surface area (Å²) in [5.74, 6) is -0.0779. The molecule has 0 heterocycles. The van der Waals surface area contributed by atoms with Crippen LogP contribution in [0.15, 0.2) is 0 Å². The lowest BCUT2D eigenvalue weighted by Gasteiger charge is -2.34. The van der Waals surface area contributed by atoms with Gasteiger partial charge in [0, 0.05) is 0 Å². The first-order valence-electron chi connectivity index (χ1n) is 6.63. The third-order valence-electron chi connectivity index (χ3n) is 2.75. The fourth-order valence-electron chi connectivity index (χ4n) is 2.44. The quantitative estimate of drug-likeness (QED) is 0.660. The van der Waals surface area contributed by atoms with Crippen molar-refractivity contribution in [3.8, 4) is 0 Å². The number of hydrogen-bond donors (Lipinski definition) is 0. The minimum Gasteiger partial charge on any atom is -0.459 e. The second-order valence-corrected chi connectivity index (χ2v) is 7.52. The van der Waals surface area contributed by atoms with Crippen molar-refractivity contribution in [2.75, 3.05) is 0 Å². The zero-order valence-corrected chi connectivity index (χ0v) is 12.9. The highest BCUT2D eigenvalue weighted by Crippen LogP contribution is 2.35. The lowest BCUT2D eigenvalue weighted by atomic mass is 9.76. The molecule has 102 valence electrons. The van der Waals surface area contributed by atoms with Crippen LogP contribution in [0.3, 0.4) is 0 Å². The molecule has 0 aromatic carbocycles. The van der Waals surface area contributed by atoms with E-state index in [-0.39, 0.29) is 17.0 Å². The molecule has 2 nitrogen and oxygen atoms in total. The highest BCUT2D eigenvalue weighted by atomic mass is 16.6. The molecule has 0 aromatic rings. The van der Waals surface area contributed by atoms with E-state index in [1.54, 1.807) is 0 Å². The molecule has 0 fully saturated rings. The minimum absolute atomic E-state index is 0.0779. The molecular formula is C15H30O2. The summed E-state index contributed by atoms with van der Waals surface area (Å²) in [5, 5.41) is 0. The Labute approximate surface area is 107 Å². The fraction of sp³-hybridized carbons (Fsp3) is 0.933. The van der Waals surface area contributed by atoms with Gasteiger partial charge in [0.2, 0.25) is 0 Å². The number of hydrogen-bond acceptors (Lipinski definition) is 2. The molecule has 0 unspecified atom stereocenters. The first kappa shape index (κ1) is 16.5. The van der Waals surface area contributed by atoms with Gasteiger partial charge in [0.1, 0.15) is 5.60 Å². The highest BCUT2D eigenvalue weighted by Gasteiger charge is 2.36. The van der Waals surface area contributed by atoms with Gasteiger partial charge in [-0.15, -0.1) is 0 Å². The Morgan fingerprint density at radius 3 is 1.82 bits per heavy atom. The lowest BCUT2D eigenvalue weighted by molar-refractivity contribution is -0.169. The Bertz CT molecular complexity index is 257. The average molecular weight is 242 g/mol. The summed E-state index contributed by atoms with van der Waals surface area (Å²) in [6.07, 6.45) is 2.77. The summed E-state index contributed by atoms with van der Waals surface area (Å²) in [4.78, 5) is 12.2. The summed E-state index contributed by atoms with van der Waals surface area (Å²) in [7, 11) is 0. The summed E-state index contributed by atoms with van der Waals surface area (Å²) in [6.45, 7) is 16.5. The first-order valence-corrected chi connectivity index (χ1v) is 6.63. The Morgan fingerprint density at radius 1 is 1.00 bits per heavy atom. The zero-order valence-electron chi connectivity index (χ0n) is 12.9. The molecule has 0 saturated carbocycles. The number of esters is 1. The molecule has 0 spiro atoms. The maximum absolute atomic E-state index is 12.2. The fourth-order valence-corrected chi connectivity index (χ4v) is 2.44. The normalized spacial score (nSPS) is 13.6. The van der Waals surface area contributed by atoms with Crippen molar-refractivity contribution < 1.29 is 9.53 Å². The van der Waals surface area contributed by atoms with Gasteiger partial charge in [-0.2, -0.15) is 0 Å². The summed E-state index contributed by atoms with van der Waals surface area (Å²) < 4.78 is 5.65. The van der Waals surface area contributed by atoms with Crippen molar-refractivity contribution in [3.63, 3.8) is 0 Å². The van der Waals surface area contributed by atoms with Gasteiger partial charge in [0.25, 0.3) is 0 Å². The lowest BCUT2D eigenvalue weighted by Crippen LogP contribution is -2.37. The summed E-state index contributed by atoms with van der Waals surface area (Å²) in [5.41, 5.74) is -0.623. The van der Waals surface area contributed by atoms with E-state index in [9.17, 15) is 4.79 Å². The molecule has 17 heavy (non-hydrogen) atoms. The van der Waals surface area contributed by atoms with Crippen LogP contribution in [0.4, 0.5) is 0 Å². The minimum atomic E-state index is -0.413. The smallest absolute Gasteiger partial charge is 0.312 e. The van der Waals surface area contributed by atoms with E-state index in [0.29, 0.717) is 0 Å².